The first-order chi connectivity index (χ1) is 20.5. The molecule has 1 aliphatic heterocycles. The number of rotatable bonds is 9. The largest absolute Gasteiger partial charge is 0.481 e. The first-order valence-electron chi connectivity index (χ1n) is 13.7. The molecule has 0 unspecified atom stereocenters. The molecule has 3 aromatic heterocycles. The lowest BCUT2D eigenvalue weighted by Gasteiger charge is -2.17. The summed E-state index contributed by atoms with van der Waals surface area (Å²) in [6.45, 7) is 5.30. The van der Waals surface area contributed by atoms with Gasteiger partial charge in [0.25, 0.3) is 0 Å². The van der Waals surface area contributed by atoms with E-state index in [2.05, 4.69) is 49.6 Å². The molecule has 210 valence electrons. The van der Waals surface area contributed by atoms with Crippen LogP contribution in [0.3, 0.4) is 0 Å². The second-order valence-corrected chi connectivity index (χ2v) is 10.4. The average Bonchev–Trinajstić information content (AvgIpc) is 3.52. The average molecular weight is 576 g/mol. The molecule has 9 heteroatoms. The van der Waals surface area contributed by atoms with E-state index in [-0.39, 0.29) is 0 Å². The van der Waals surface area contributed by atoms with Gasteiger partial charge in [0.2, 0.25) is 5.88 Å². The summed E-state index contributed by atoms with van der Waals surface area (Å²) in [7, 11) is 1.64. The molecular weight excluding hydrogens is 546 g/mol. The second-order valence-electron chi connectivity index (χ2n) is 10.0. The maximum absolute atomic E-state index is 7.09. The monoisotopic (exact) mass is 575 g/mol. The maximum Gasteiger partial charge on any atom is 0.218 e. The van der Waals surface area contributed by atoms with Crippen LogP contribution in [0.25, 0.3) is 33.4 Å². The Hall–Kier alpha value is -4.66. The van der Waals surface area contributed by atoms with Crippen LogP contribution in [0.5, 0.6) is 5.88 Å². The Kier molecular flexibility index (Phi) is 7.90. The van der Waals surface area contributed by atoms with Gasteiger partial charge in [-0.25, -0.2) is 15.0 Å². The van der Waals surface area contributed by atoms with Gasteiger partial charge in [-0.1, -0.05) is 54.1 Å². The van der Waals surface area contributed by atoms with Gasteiger partial charge < -0.3 is 15.4 Å². The van der Waals surface area contributed by atoms with Crippen LogP contribution in [0.4, 0.5) is 11.5 Å². The number of anilines is 2. The highest BCUT2D eigenvalue weighted by molar-refractivity contribution is 6.36. The number of hydrogen-bond donors (Lipinski definition) is 2. The van der Waals surface area contributed by atoms with Crippen LogP contribution >= 0.6 is 11.6 Å². The van der Waals surface area contributed by atoms with Crippen molar-refractivity contribution in [2.75, 3.05) is 19.0 Å². The van der Waals surface area contributed by atoms with E-state index in [1.807, 2.05) is 67.7 Å². The number of nitrogens with one attached hydrogen (secondary N) is 2. The number of aromatic nitrogens is 4. The van der Waals surface area contributed by atoms with E-state index in [0.29, 0.717) is 29.1 Å². The zero-order valence-electron chi connectivity index (χ0n) is 23.6. The molecule has 0 aliphatic carbocycles. The minimum absolute atomic E-state index is 0.566. The van der Waals surface area contributed by atoms with Crippen LogP contribution in [-0.4, -0.2) is 39.3 Å². The van der Waals surface area contributed by atoms with Gasteiger partial charge in [0.05, 0.1) is 23.3 Å². The number of pyridine rings is 2. The van der Waals surface area contributed by atoms with Crippen molar-refractivity contribution in [3.63, 3.8) is 0 Å². The number of nitrogens with zero attached hydrogens (tertiary/aromatic N) is 5. The third-order valence-electron chi connectivity index (χ3n) is 7.21. The number of aryl methyl sites for hydroxylation is 1. The number of hydrogen-bond acceptors (Lipinski definition) is 8. The summed E-state index contributed by atoms with van der Waals surface area (Å²) < 4.78 is 5.65. The third kappa shape index (κ3) is 5.59. The Balaban J connectivity index is 1.29. The normalized spacial score (nSPS) is 12.5. The third-order valence-corrected chi connectivity index (χ3v) is 7.62. The van der Waals surface area contributed by atoms with Crippen LogP contribution in [0, 0.1) is 13.8 Å². The maximum atomic E-state index is 7.09. The summed E-state index contributed by atoms with van der Waals surface area (Å²) in [5, 5.41) is 7.53. The number of ether oxygens (including phenoxy) is 1. The van der Waals surface area contributed by atoms with Crippen molar-refractivity contribution in [2.45, 2.75) is 26.8 Å². The predicted octanol–water partition coefficient (Wildman–Crippen LogP) is 7.22. The lowest BCUT2D eigenvalue weighted by Crippen LogP contribution is -2.21. The number of benzene rings is 2. The van der Waals surface area contributed by atoms with Gasteiger partial charge >= 0.3 is 0 Å². The molecule has 0 radical (unpaired) electrons. The summed E-state index contributed by atoms with van der Waals surface area (Å²) in [5.41, 5.74) is 9.04. The molecule has 6 rings (SSSR count). The van der Waals surface area contributed by atoms with Gasteiger partial charge in [-0.15, -0.1) is 0 Å². The molecular formula is C33H30ClN7O. The molecule has 0 spiro atoms. The molecule has 0 saturated heterocycles. The molecule has 0 bridgehead atoms. The highest BCUT2D eigenvalue weighted by atomic mass is 35.5. The van der Waals surface area contributed by atoms with Crippen LogP contribution in [-0.2, 0) is 6.54 Å². The Morgan fingerprint density at radius 2 is 1.71 bits per heavy atom. The van der Waals surface area contributed by atoms with Crippen molar-refractivity contribution in [2.24, 2.45) is 4.99 Å². The quantitative estimate of drug-likeness (QED) is 0.191. The van der Waals surface area contributed by atoms with Crippen LogP contribution < -0.4 is 15.4 Å². The highest BCUT2D eigenvalue weighted by Crippen LogP contribution is 2.39. The fourth-order valence-corrected chi connectivity index (χ4v) is 5.41. The van der Waals surface area contributed by atoms with Crippen LogP contribution in [0.1, 0.15) is 23.4 Å². The van der Waals surface area contributed by atoms with Crippen molar-refractivity contribution in [3.8, 4) is 28.3 Å². The van der Waals surface area contributed by atoms with Gasteiger partial charge in [-0.05, 0) is 49.2 Å². The van der Waals surface area contributed by atoms with Gasteiger partial charge in [0.15, 0.2) is 5.82 Å². The number of aliphatic imine (C=N–C) groups is 1. The molecule has 2 aromatic carbocycles. The molecule has 2 N–H and O–H groups in total. The Morgan fingerprint density at radius 3 is 2.55 bits per heavy atom. The van der Waals surface area contributed by atoms with Gasteiger partial charge in [-0.3, -0.25) is 9.98 Å². The number of allylic oxidation sites excluding steroid dienone is 1. The summed E-state index contributed by atoms with van der Waals surface area (Å²) in [6, 6.07) is 19.9. The second kappa shape index (κ2) is 12.1. The van der Waals surface area contributed by atoms with E-state index in [9.17, 15) is 0 Å². The smallest absolute Gasteiger partial charge is 0.218 e. The Labute approximate surface area is 249 Å². The van der Waals surface area contributed by atoms with Crippen molar-refractivity contribution in [1.29, 1.82) is 0 Å². The summed E-state index contributed by atoms with van der Waals surface area (Å²) in [6.07, 6.45) is 6.54. The van der Waals surface area contributed by atoms with Crippen molar-refractivity contribution in [3.05, 3.63) is 101 Å². The van der Waals surface area contributed by atoms with Gasteiger partial charge in [0.1, 0.15) is 11.3 Å². The molecule has 0 fully saturated rings. The SMILES string of the molecule is COc1nc(-c2cccc(-c3cccc(Nc4nc(C)nc5cccnc45)c3C)c2Cl)ccc1CNCC1=NC=CC1. The first-order valence-corrected chi connectivity index (χ1v) is 14.1. The lowest BCUT2D eigenvalue weighted by molar-refractivity contribution is 0.391. The van der Waals surface area contributed by atoms with E-state index in [0.717, 1.165) is 68.9 Å². The Bertz CT molecular complexity index is 1850. The topological polar surface area (TPSA) is 97.2 Å². The molecule has 1 aliphatic rings. The van der Waals surface area contributed by atoms with Gasteiger partial charge in [-0.2, -0.15) is 0 Å². The standard InChI is InChI=1S/C33H30ClN7O/c1-20-24(9-5-12-27(20)40-32-31-29(13-7-17-37-31)38-21(2)39-32)25-10-4-11-26(30(25)34)28-15-14-22(33(41-28)42-3)18-35-19-23-8-6-16-36-23/h4-7,9-17,35H,8,18-19H2,1-3H3,(H,38,39,40). The summed E-state index contributed by atoms with van der Waals surface area (Å²) >= 11 is 7.09. The molecule has 0 saturated carbocycles. The number of halogens is 1. The first kappa shape index (κ1) is 27.5. The predicted molar refractivity (Wildman–Crippen MR) is 170 cm³/mol. The summed E-state index contributed by atoms with van der Waals surface area (Å²) in [5.74, 6) is 1.90. The number of methoxy groups -OCH3 is 1. The van der Waals surface area contributed by atoms with Gasteiger partial charge in [0, 0.05) is 60.0 Å². The molecule has 8 nitrogen and oxygen atoms in total. The fraction of sp³-hybridized carbons (Fsp3) is 0.182. The molecule has 5 aromatic rings. The molecule has 4 heterocycles. The fourth-order valence-electron chi connectivity index (χ4n) is 5.09. The van der Waals surface area contributed by atoms with Crippen molar-refractivity contribution in [1.82, 2.24) is 25.3 Å². The molecule has 0 atom stereocenters. The number of fused-ring (bicyclic) bond motifs is 1. The highest BCUT2D eigenvalue weighted by Gasteiger charge is 2.17. The zero-order chi connectivity index (χ0) is 29.1. The molecule has 0 amide bonds. The van der Waals surface area contributed by atoms with E-state index in [1.165, 1.54) is 0 Å². The zero-order valence-corrected chi connectivity index (χ0v) is 24.4. The van der Waals surface area contributed by atoms with Crippen LogP contribution in [0.2, 0.25) is 5.02 Å². The summed E-state index contributed by atoms with van der Waals surface area (Å²) in [4.78, 5) is 22.8. The van der Waals surface area contributed by atoms with Crippen molar-refractivity contribution < 1.29 is 4.74 Å². The Morgan fingerprint density at radius 1 is 0.881 bits per heavy atom. The van der Waals surface area contributed by atoms with E-state index in [1.54, 1.807) is 13.3 Å². The minimum Gasteiger partial charge on any atom is -0.481 e. The minimum atomic E-state index is 0.566. The van der Waals surface area contributed by atoms with E-state index < -0.39 is 0 Å². The van der Waals surface area contributed by atoms with Crippen LogP contribution in [0.15, 0.2) is 84.1 Å². The molecule has 42 heavy (non-hydrogen) atoms. The van der Waals surface area contributed by atoms with Crippen molar-refractivity contribution >= 4 is 39.9 Å². The van der Waals surface area contributed by atoms with E-state index >= 15 is 0 Å². The lowest BCUT2D eigenvalue weighted by atomic mass is 9.96. The van der Waals surface area contributed by atoms with E-state index in [4.69, 9.17) is 21.3 Å².